The number of aryl methyl sites for hydroxylation is 2. The molecular formula is C41H52BrN12O2P. The fourth-order valence-electron chi connectivity index (χ4n) is 7.82. The van der Waals surface area contributed by atoms with Crippen molar-refractivity contribution < 1.29 is 9.30 Å². The van der Waals surface area contributed by atoms with E-state index in [2.05, 4.69) is 82.0 Å². The Morgan fingerprint density at radius 2 is 1.77 bits per heavy atom. The SMILES string of the molecule is C.CCn1cc(-c2cc(Nc3ncc(Br)c(Nc4ccc(-c5nn(C)c6ncccc56)cc4P(C)(C)=O)n3)c(OC)cc2N2CCC(N3CCNCC3)CC2)cn1. The van der Waals surface area contributed by atoms with Gasteiger partial charge in [0.2, 0.25) is 5.95 Å². The monoisotopic (exact) mass is 854 g/mol. The van der Waals surface area contributed by atoms with E-state index in [0.29, 0.717) is 39.0 Å². The standard InChI is InChI=1S/C40H48BrN12O2P.CH4/c1-6-53-25-27(23-45-53)30-21-33(35(55-3)22-34(30)52-16-11-28(12-17-52)51-18-14-42-15-19-51)47-40-44-24-31(41)38(48-40)46-32-10-9-26(20-36(32)56(4,5)54)37-29-8-7-13-43-39(29)50(2)49-37;/h7-10,13,20-25,28,42H,6,11-12,14-19H2,1-5H3,(H2,44,46,47,48);1H4. The highest BCUT2D eigenvalue weighted by atomic mass is 79.9. The van der Waals surface area contributed by atoms with Crippen LogP contribution in [0.1, 0.15) is 27.2 Å². The number of piperazine rings is 1. The van der Waals surface area contributed by atoms with Gasteiger partial charge >= 0.3 is 0 Å². The van der Waals surface area contributed by atoms with E-state index in [1.54, 1.807) is 37.5 Å². The van der Waals surface area contributed by atoms with Gasteiger partial charge in [0, 0.05) is 117 Å². The molecule has 2 aliphatic rings. The van der Waals surface area contributed by atoms with E-state index in [0.717, 1.165) is 103 Å². The van der Waals surface area contributed by atoms with Crippen LogP contribution in [-0.4, -0.2) is 105 Å². The molecule has 16 heteroatoms. The van der Waals surface area contributed by atoms with Crippen molar-refractivity contribution >= 4 is 68.2 Å². The predicted octanol–water partition coefficient (Wildman–Crippen LogP) is 7.33. The molecular weight excluding hydrogens is 803 g/mol. The number of nitrogens with zero attached hydrogens (tertiary/aromatic N) is 9. The molecule has 0 unspecified atom stereocenters. The first-order valence-corrected chi connectivity index (χ1v) is 22.5. The quantitative estimate of drug-likeness (QED) is 0.112. The van der Waals surface area contributed by atoms with Crippen molar-refractivity contribution in [1.82, 2.24) is 44.7 Å². The molecule has 2 saturated heterocycles. The van der Waals surface area contributed by atoms with Crippen molar-refractivity contribution in [3.05, 3.63) is 71.7 Å². The second-order valence-electron chi connectivity index (χ2n) is 14.7. The number of fused-ring (bicyclic) bond motifs is 1. The molecule has 2 aromatic carbocycles. The molecule has 0 aliphatic carbocycles. The summed E-state index contributed by atoms with van der Waals surface area (Å²) in [5, 5.41) is 21.4. The molecule has 0 amide bonds. The Morgan fingerprint density at radius 1 is 0.982 bits per heavy atom. The van der Waals surface area contributed by atoms with E-state index in [9.17, 15) is 4.57 Å². The Labute approximate surface area is 342 Å². The van der Waals surface area contributed by atoms with E-state index >= 15 is 0 Å². The average Bonchev–Trinajstić information content (AvgIpc) is 3.84. The number of benzene rings is 2. The number of rotatable bonds is 11. The summed E-state index contributed by atoms with van der Waals surface area (Å²) in [5.41, 5.74) is 7.06. The second kappa shape index (κ2) is 17.0. The highest BCUT2D eigenvalue weighted by Gasteiger charge is 2.28. The summed E-state index contributed by atoms with van der Waals surface area (Å²) in [4.78, 5) is 19.1. The van der Waals surface area contributed by atoms with E-state index in [4.69, 9.17) is 14.8 Å². The van der Waals surface area contributed by atoms with Gasteiger partial charge < -0.3 is 30.2 Å². The lowest BCUT2D eigenvalue weighted by Gasteiger charge is -2.41. The highest BCUT2D eigenvalue weighted by Crippen LogP contribution is 2.43. The van der Waals surface area contributed by atoms with Gasteiger partial charge in [-0.2, -0.15) is 15.2 Å². The normalized spacial score (nSPS) is 15.4. The van der Waals surface area contributed by atoms with E-state index in [1.807, 2.05) is 48.3 Å². The van der Waals surface area contributed by atoms with Gasteiger partial charge in [-0.15, -0.1) is 0 Å². The lowest BCUT2D eigenvalue weighted by Crippen LogP contribution is -2.52. The van der Waals surface area contributed by atoms with Crippen molar-refractivity contribution in [3.8, 4) is 28.1 Å². The Bertz CT molecular complexity index is 2410. The molecule has 57 heavy (non-hydrogen) atoms. The van der Waals surface area contributed by atoms with Gasteiger partial charge in [-0.25, -0.2) is 14.6 Å². The van der Waals surface area contributed by atoms with Gasteiger partial charge in [-0.1, -0.05) is 13.5 Å². The summed E-state index contributed by atoms with van der Waals surface area (Å²) < 4.78 is 24.2. The first-order valence-electron chi connectivity index (χ1n) is 19.1. The molecule has 0 spiro atoms. The summed E-state index contributed by atoms with van der Waals surface area (Å²) in [6, 6.07) is 14.6. The van der Waals surface area contributed by atoms with Crippen LogP contribution >= 0.6 is 23.1 Å². The highest BCUT2D eigenvalue weighted by molar-refractivity contribution is 9.10. The van der Waals surface area contributed by atoms with Gasteiger partial charge in [0.05, 0.1) is 29.2 Å². The molecule has 4 aromatic heterocycles. The third kappa shape index (κ3) is 8.43. The Morgan fingerprint density at radius 3 is 2.49 bits per heavy atom. The minimum Gasteiger partial charge on any atom is -0.494 e. The number of ether oxygens (including phenoxy) is 1. The maximum atomic E-state index is 13.8. The number of piperidine rings is 1. The molecule has 8 rings (SSSR count). The Balaban J connectivity index is 0.00000496. The number of halogens is 1. The summed E-state index contributed by atoms with van der Waals surface area (Å²) in [6.07, 6.45) is 9.72. The third-order valence-electron chi connectivity index (χ3n) is 10.8. The van der Waals surface area contributed by atoms with E-state index in [1.165, 1.54) is 0 Å². The molecule has 3 N–H and O–H groups in total. The van der Waals surface area contributed by atoms with Crippen molar-refractivity contribution in [2.75, 3.05) is 75.2 Å². The zero-order valence-electron chi connectivity index (χ0n) is 32.5. The minimum atomic E-state index is -2.77. The van der Waals surface area contributed by atoms with E-state index in [-0.39, 0.29) is 7.43 Å². The van der Waals surface area contributed by atoms with Crippen LogP contribution in [0.2, 0.25) is 0 Å². The summed E-state index contributed by atoms with van der Waals surface area (Å²) in [7, 11) is 0.797. The van der Waals surface area contributed by atoms with Crippen LogP contribution in [0.25, 0.3) is 33.4 Å². The van der Waals surface area contributed by atoms with Gasteiger partial charge in [0.1, 0.15) is 24.4 Å². The number of hydrogen-bond donors (Lipinski definition) is 3. The maximum absolute atomic E-state index is 13.8. The van der Waals surface area contributed by atoms with Crippen LogP contribution in [0.15, 0.2) is 71.7 Å². The number of hydrogen-bond acceptors (Lipinski definition) is 12. The molecule has 6 aromatic rings. The summed E-state index contributed by atoms with van der Waals surface area (Å²) >= 11 is 3.64. The molecule has 2 fully saturated rings. The van der Waals surface area contributed by atoms with Crippen LogP contribution < -0.4 is 30.9 Å². The van der Waals surface area contributed by atoms with Crippen LogP contribution in [0.4, 0.5) is 28.8 Å². The third-order valence-corrected chi connectivity index (χ3v) is 12.9. The lowest BCUT2D eigenvalue weighted by atomic mass is 9.98. The fraction of sp³-hybridized carbons (Fsp3) is 0.390. The maximum Gasteiger partial charge on any atom is 0.229 e. The zero-order chi connectivity index (χ0) is 39.0. The fourth-order valence-corrected chi connectivity index (χ4v) is 9.27. The zero-order valence-corrected chi connectivity index (χ0v) is 34.9. The number of aromatic nitrogens is 7. The van der Waals surface area contributed by atoms with Crippen LogP contribution in [0.3, 0.4) is 0 Å². The number of anilines is 5. The predicted molar refractivity (Wildman–Crippen MR) is 236 cm³/mol. The van der Waals surface area contributed by atoms with Gasteiger partial charge in [0.15, 0.2) is 5.65 Å². The smallest absolute Gasteiger partial charge is 0.229 e. The van der Waals surface area contributed by atoms with Crippen LogP contribution in [0.5, 0.6) is 5.75 Å². The minimum absolute atomic E-state index is 0. The number of nitrogens with one attached hydrogen (secondary N) is 3. The van der Waals surface area contributed by atoms with Crippen molar-refractivity contribution in [2.45, 2.75) is 39.8 Å². The van der Waals surface area contributed by atoms with Gasteiger partial charge in [-0.3, -0.25) is 9.58 Å². The molecule has 0 atom stereocenters. The van der Waals surface area contributed by atoms with E-state index < -0.39 is 7.14 Å². The largest absolute Gasteiger partial charge is 0.494 e. The lowest BCUT2D eigenvalue weighted by molar-refractivity contribution is 0.150. The topological polar surface area (TPSA) is 143 Å². The van der Waals surface area contributed by atoms with Crippen molar-refractivity contribution in [3.63, 3.8) is 0 Å². The molecule has 0 radical (unpaired) electrons. The van der Waals surface area contributed by atoms with Crippen LogP contribution in [-0.2, 0) is 18.2 Å². The molecule has 300 valence electrons. The average molecular weight is 856 g/mol. The van der Waals surface area contributed by atoms with Crippen LogP contribution in [0, 0.1) is 0 Å². The first-order chi connectivity index (χ1) is 27.1. The molecule has 6 heterocycles. The summed E-state index contributed by atoms with van der Waals surface area (Å²) in [5.74, 6) is 1.57. The Kier molecular flexibility index (Phi) is 12.0. The number of methoxy groups -OCH3 is 1. The molecule has 0 saturated carbocycles. The molecule has 14 nitrogen and oxygen atoms in total. The number of pyridine rings is 1. The van der Waals surface area contributed by atoms with Gasteiger partial charge in [-0.05, 0) is 79.4 Å². The molecule has 2 aliphatic heterocycles. The summed E-state index contributed by atoms with van der Waals surface area (Å²) in [6.45, 7) is 12.7. The van der Waals surface area contributed by atoms with Crippen molar-refractivity contribution in [1.29, 1.82) is 0 Å². The van der Waals surface area contributed by atoms with Crippen molar-refractivity contribution in [2.24, 2.45) is 7.05 Å². The Hall–Kier alpha value is -4.82. The second-order valence-corrected chi connectivity index (χ2v) is 18.8. The van der Waals surface area contributed by atoms with Gasteiger partial charge in [0.25, 0.3) is 0 Å². The molecule has 0 bridgehead atoms. The first kappa shape index (κ1) is 40.4.